The fourth-order valence-electron chi connectivity index (χ4n) is 1.72. The summed E-state index contributed by atoms with van der Waals surface area (Å²) < 4.78 is 10.5. The summed E-state index contributed by atoms with van der Waals surface area (Å²) in [5, 5.41) is 3.96. The third-order valence-electron chi connectivity index (χ3n) is 2.80. The average Bonchev–Trinajstić information content (AvgIpc) is 2.43. The first-order valence-corrected chi connectivity index (χ1v) is 6.83. The minimum Gasteiger partial charge on any atom is -0.493 e. The van der Waals surface area contributed by atoms with Gasteiger partial charge < -0.3 is 14.8 Å². The molecule has 1 aromatic carbocycles. The third kappa shape index (κ3) is 4.44. The summed E-state index contributed by atoms with van der Waals surface area (Å²) in [7, 11) is 3.18. The summed E-state index contributed by atoms with van der Waals surface area (Å²) in [6.45, 7) is 5.26. The number of nitrogens with one attached hydrogen (secondary N) is 1. The zero-order valence-electron chi connectivity index (χ0n) is 12.0. The highest BCUT2D eigenvalue weighted by Crippen LogP contribution is 2.37. The van der Waals surface area contributed by atoms with E-state index in [1.807, 2.05) is 18.2 Å². The van der Waals surface area contributed by atoms with Crippen LogP contribution in [0.5, 0.6) is 11.5 Å². The molecular weight excluding hydrogens is 262 g/mol. The van der Waals surface area contributed by atoms with E-state index in [0.29, 0.717) is 22.6 Å². The molecule has 0 saturated heterocycles. The van der Waals surface area contributed by atoms with Gasteiger partial charge in [-0.3, -0.25) is 0 Å². The second-order valence-electron chi connectivity index (χ2n) is 4.31. The van der Waals surface area contributed by atoms with Crippen LogP contribution in [0, 0.1) is 0 Å². The second-order valence-corrected chi connectivity index (χ2v) is 4.68. The van der Waals surface area contributed by atoms with Gasteiger partial charge in [0.25, 0.3) is 0 Å². The van der Waals surface area contributed by atoms with Crippen LogP contribution in [0.15, 0.2) is 18.2 Å². The molecule has 0 fully saturated rings. The van der Waals surface area contributed by atoms with E-state index in [-0.39, 0.29) is 0 Å². The SMILES string of the molecule is CCCNC(C)/C=C/c1ccc(OC)c(OC)c1Cl. The van der Waals surface area contributed by atoms with Gasteiger partial charge in [-0.2, -0.15) is 0 Å². The molecule has 0 aromatic heterocycles. The van der Waals surface area contributed by atoms with Crippen LogP contribution in [-0.2, 0) is 0 Å². The van der Waals surface area contributed by atoms with Gasteiger partial charge in [0.1, 0.15) is 0 Å². The minimum atomic E-state index is 0.309. The van der Waals surface area contributed by atoms with E-state index in [1.54, 1.807) is 14.2 Å². The summed E-state index contributed by atoms with van der Waals surface area (Å²) >= 11 is 6.30. The second kappa shape index (κ2) is 8.08. The van der Waals surface area contributed by atoms with Crippen LogP contribution in [0.2, 0.25) is 5.02 Å². The van der Waals surface area contributed by atoms with E-state index in [2.05, 4.69) is 25.2 Å². The molecule has 0 spiro atoms. The van der Waals surface area contributed by atoms with E-state index < -0.39 is 0 Å². The molecule has 1 rings (SSSR count). The van der Waals surface area contributed by atoms with Crippen LogP contribution < -0.4 is 14.8 Å². The molecule has 4 heteroatoms. The first-order valence-electron chi connectivity index (χ1n) is 6.46. The molecule has 1 aromatic rings. The lowest BCUT2D eigenvalue weighted by Crippen LogP contribution is -2.24. The Labute approximate surface area is 120 Å². The molecule has 1 atom stereocenters. The van der Waals surface area contributed by atoms with Crippen LogP contribution in [0.4, 0.5) is 0 Å². The Morgan fingerprint density at radius 2 is 2.05 bits per heavy atom. The molecule has 0 saturated carbocycles. The molecule has 3 nitrogen and oxygen atoms in total. The van der Waals surface area contributed by atoms with E-state index in [0.717, 1.165) is 18.5 Å². The number of hydrogen-bond donors (Lipinski definition) is 1. The van der Waals surface area contributed by atoms with Gasteiger partial charge in [-0.1, -0.05) is 30.7 Å². The van der Waals surface area contributed by atoms with Gasteiger partial charge in [-0.25, -0.2) is 0 Å². The summed E-state index contributed by atoms with van der Waals surface area (Å²) in [6.07, 6.45) is 5.20. The summed E-state index contributed by atoms with van der Waals surface area (Å²) in [6, 6.07) is 4.09. The molecule has 106 valence electrons. The highest BCUT2D eigenvalue weighted by atomic mass is 35.5. The maximum Gasteiger partial charge on any atom is 0.179 e. The molecule has 1 N–H and O–H groups in total. The smallest absolute Gasteiger partial charge is 0.179 e. The average molecular weight is 284 g/mol. The lowest BCUT2D eigenvalue weighted by Gasteiger charge is -2.12. The fraction of sp³-hybridized carbons (Fsp3) is 0.467. The summed E-state index contributed by atoms with van der Waals surface area (Å²) in [5.74, 6) is 1.21. The van der Waals surface area contributed by atoms with Gasteiger partial charge in [0.15, 0.2) is 11.5 Å². The molecule has 0 heterocycles. The summed E-state index contributed by atoms with van der Waals surface area (Å²) in [4.78, 5) is 0. The molecule has 0 amide bonds. The molecule has 0 aliphatic heterocycles. The molecule has 1 unspecified atom stereocenters. The van der Waals surface area contributed by atoms with Crippen molar-refractivity contribution in [3.63, 3.8) is 0 Å². The van der Waals surface area contributed by atoms with Crippen molar-refractivity contribution in [1.29, 1.82) is 0 Å². The Morgan fingerprint density at radius 3 is 2.63 bits per heavy atom. The van der Waals surface area contributed by atoms with Crippen molar-refractivity contribution in [2.75, 3.05) is 20.8 Å². The number of benzene rings is 1. The Morgan fingerprint density at radius 1 is 1.32 bits per heavy atom. The van der Waals surface area contributed by atoms with Crippen molar-refractivity contribution in [2.45, 2.75) is 26.3 Å². The van der Waals surface area contributed by atoms with Crippen molar-refractivity contribution < 1.29 is 9.47 Å². The standard InChI is InChI=1S/C15H22ClNO2/c1-5-10-17-11(2)6-7-12-8-9-13(18-3)15(19-4)14(12)16/h6-9,11,17H,5,10H2,1-4H3/b7-6+. The van der Waals surface area contributed by atoms with Crippen molar-refractivity contribution in [3.8, 4) is 11.5 Å². The monoisotopic (exact) mass is 283 g/mol. The normalized spacial score (nSPS) is 12.7. The lowest BCUT2D eigenvalue weighted by atomic mass is 10.1. The van der Waals surface area contributed by atoms with Crippen LogP contribution in [0.1, 0.15) is 25.8 Å². The Kier molecular flexibility index (Phi) is 6.74. The maximum atomic E-state index is 6.30. The predicted octanol–water partition coefficient (Wildman–Crippen LogP) is 3.76. The third-order valence-corrected chi connectivity index (χ3v) is 3.19. The van der Waals surface area contributed by atoms with Gasteiger partial charge in [0.2, 0.25) is 0 Å². The zero-order chi connectivity index (χ0) is 14.3. The quantitative estimate of drug-likeness (QED) is 0.826. The molecule has 0 radical (unpaired) electrons. The first kappa shape index (κ1) is 15.9. The lowest BCUT2D eigenvalue weighted by molar-refractivity contribution is 0.355. The molecule has 19 heavy (non-hydrogen) atoms. The number of methoxy groups -OCH3 is 2. The van der Waals surface area contributed by atoms with E-state index in [9.17, 15) is 0 Å². The van der Waals surface area contributed by atoms with Crippen LogP contribution >= 0.6 is 11.6 Å². The number of hydrogen-bond acceptors (Lipinski definition) is 3. The van der Waals surface area contributed by atoms with Crippen LogP contribution in [0.3, 0.4) is 0 Å². The molecule has 0 aliphatic carbocycles. The van der Waals surface area contributed by atoms with E-state index in [1.165, 1.54) is 0 Å². The number of ether oxygens (including phenoxy) is 2. The number of rotatable bonds is 7. The maximum absolute atomic E-state index is 6.30. The van der Waals surface area contributed by atoms with Crippen molar-refractivity contribution in [2.24, 2.45) is 0 Å². The highest BCUT2D eigenvalue weighted by molar-refractivity contribution is 6.33. The molecule has 0 aliphatic rings. The van der Waals surface area contributed by atoms with Gasteiger partial charge >= 0.3 is 0 Å². The predicted molar refractivity (Wildman–Crippen MR) is 81.3 cm³/mol. The Hall–Kier alpha value is -1.19. The summed E-state index contributed by atoms with van der Waals surface area (Å²) in [5.41, 5.74) is 0.921. The fourth-order valence-corrected chi connectivity index (χ4v) is 2.02. The van der Waals surface area contributed by atoms with Crippen LogP contribution in [-0.4, -0.2) is 26.8 Å². The van der Waals surface area contributed by atoms with Gasteiger partial charge in [0.05, 0.1) is 19.2 Å². The van der Waals surface area contributed by atoms with Gasteiger partial charge in [-0.05, 0) is 37.6 Å². The topological polar surface area (TPSA) is 30.5 Å². The molecular formula is C15H22ClNO2. The van der Waals surface area contributed by atoms with Crippen molar-refractivity contribution in [3.05, 3.63) is 28.8 Å². The minimum absolute atomic E-state index is 0.309. The largest absolute Gasteiger partial charge is 0.493 e. The molecule has 0 bridgehead atoms. The van der Waals surface area contributed by atoms with E-state index >= 15 is 0 Å². The first-order chi connectivity index (χ1) is 9.13. The number of halogens is 1. The van der Waals surface area contributed by atoms with Gasteiger partial charge in [-0.15, -0.1) is 0 Å². The van der Waals surface area contributed by atoms with Crippen LogP contribution in [0.25, 0.3) is 6.08 Å². The highest BCUT2D eigenvalue weighted by Gasteiger charge is 2.11. The Balaban J connectivity index is 2.87. The van der Waals surface area contributed by atoms with Crippen molar-refractivity contribution >= 4 is 17.7 Å². The van der Waals surface area contributed by atoms with E-state index in [4.69, 9.17) is 21.1 Å². The van der Waals surface area contributed by atoms with Crippen molar-refractivity contribution in [1.82, 2.24) is 5.32 Å². The van der Waals surface area contributed by atoms with Gasteiger partial charge in [0, 0.05) is 6.04 Å². The zero-order valence-corrected chi connectivity index (χ0v) is 12.8. The Bertz CT molecular complexity index is 432.